The normalized spacial score (nSPS) is 11.7. The summed E-state index contributed by atoms with van der Waals surface area (Å²) >= 11 is 0. The van der Waals surface area contributed by atoms with E-state index in [0.29, 0.717) is 22.8 Å². The molecule has 0 bridgehead atoms. The van der Waals surface area contributed by atoms with E-state index in [9.17, 15) is 15.4 Å². The molecule has 9 nitrogen and oxygen atoms in total. The molecule has 144 valence electrons. The van der Waals surface area contributed by atoms with E-state index in [1.807, 2.05) is 6.07 Å². The Labute approximate surface area is 165 Å². The molecule has 0 fully saturated rings. The Balaban J connectivity index is 1.95. The fourth-order valence-electron chi connectivity index (χ4n) is 3.10. The first-order chi connectivity index (χ1) is 14.0. The molecule has 3 aromatic rings. The van der Waals surface area contributed by atoms with Crippen molar-refractivity contribution < 1.29 is 19.1 Å². The minimum atomic E-state index is -0.540. The molecular formula is C20H14N4O5. The number of nitro benzene ring substituents is 1. The van der Waals surface area contributed by atoms with Crippen LogP contribution in [0.1, 0.15) is 5.56 Å². The van der Waals surface area contributed by atoms with Gasteiger partial charge >= 0.3 is 0 Å². The molecule has 1 aromatic heterocycles. The van der Waals surface area contributed by atoms with Gasteiger partial charge in [0.1, 0.15) is 23.2 Å². The molecule has 0 atom stereocenters. The van der Waals surface area contributed by atoms with E-state index in [1.165, 1.54) is 12.1 Å². The van der Waals surface area contributed by atoms with Crippen molar-refractivity contribution in [2.45, 2.75) is 0 Å². The van der Waals surface area contributed by atoms with Crippen LogP contribution in [0, 0.1) is 21.4 Å². The first-order valence-corrected chi connectivity index (χ1v) is 8.45. The Morgan fingerprint density at radius 1 is 1.17 bits per heavy atom. The van der Waals surface area contributed by atoms with Crippen LogP contribution in [0.15, 0.2) is 42.5 Å². The average molecular weight is 390 g/mol. The molecule has 9 heteroatoms. The lowest BCUT2D eigenvalue weighted by atomic mass is 9.96. The lowest BCUT2D eigenvalue weighted by Crippen LogP contribution is -2.01. The largest absolute Gasteiger partial charge is 0.497 e. The molecule has 0 radical (unpaired) electrons. The summed E-state index contributed by atoms with van der Waals surface area (Å²) in [7, 11) is 1.56. The lowest BCUT2D eigenvalue weighted by molar-refractivity contribution is -0.384. The van der Waals surface area contributed by atoms with E-state index < -0.39 is 4.92 Å². The predicted molar refractivity (Wildman–Crippen MR) is 104 cm³/mol. The van der Waals surface area contributed by atoms with Crippen LogP contribution in [0.5, 0.6) is 17.2 Å². The standard InChI is InChI=1S/C20H14N4O5/c1-27-12-4-2-11(3-5-12)16-6-13(15(9-21)20(22)23-16)14-7-18-19(29-10-28-18)8-17(14)24(25)26/h2-8H,10H2,1H3,(H2,22,23). The van der Waals surface area contributed by atoms with E-state index in [-0.39, 0.29) is 40.7 Å². The summed E-state index contributed by atoms with van der Waals surface area (Å²) in [6, 6.07) is 13.4. The number of anilines is 1. The second kappa shape index (κ2) is 7.01. The summed E-state index contributed by atoms with van der Waals surface area (Å²) in [5, 5.41) is 21.3. The van der Waals surface area contributed by atoms with Crippen molar-refractivity contribution >= 4 is 11.5 Å². The molecule has 4 rings (SSSR count). The number of pyridine rings is 1. The Hall–Kier alpha value is -4.32. The van der Waals surface area contributed by atoms with Gasteiger partial charge in [0.2, 0.25) is 6.79 Å². The minimum Gasteiger partial charge on any atom is -0.497 e. The highest BCUT2D eigenvalue weighted by molar-refractivity contribution is 5.86. The highest BCUT2D eigenvalue weighted by Gasteiger charge is 2.27. The van der Waals surface area contributed by atoms with E-state index in [2.05, 4.69) is 4.98 Å². The summed E-state index contributed by atoms with van der Waals surface area (Å²) in [6.07, 6.45) is 0. The fourth-order valence-corrected chi connectivity index (χ4v) is 3.10. The molecule has 2 aromatic carbocycles. The van der Waals surface area contributed by atoms with Crippen LogP contribution >= 0.6 is 0 Å². The first-order valence-electron chi connectivity index (χ1n) is 8.45. The highest BCUT2D eigenvalue weighted by atomic mass is 16.7. The van der Waals surface area contributed by atoms with Crippen LogP contribution < -0.4 is 19.9 Å². The maximum absolute atomic E-state index is 11.7. The van der Waals surface area contributed by atoms with Crippen molar-refractivity contribution in [3.05, 3.63) is 58.1 Å². The number of rotatable bonds is 4. The van der Waals surface area contributed by atoms with Crippen LogP contribution in [-0.2, 0) is 0 Å². The fraction of sp³-hybridized carbons (Fsp3) is 0.100. The third kappa shape index (κ3) is 3.12. The number of nitriles is 1. The summed E-state index contributed by atoms with van der Waals surface area (Å²) < 4.78 is 15.7. The van der Waals surface area contributed by atoms with Gasteiger partial charge < -0.3 is 19.9 Å². The maximum Gasteiger partial charge on any atom is 0.281 e. The van der Waals surface area contributed by atoms with Crippen molar-refractivity contribution in [2.75, 3.05) is 19.6 Å². The van der Waals surface area contributed by atoms with Crippen molar-refractivity contribution in [3.63, 3.8) is 0 Å². The van der Waals surface area contributed by atoms with Crippen molar-refractivity contribution in [3.8, 4) is 45.7 Å². The van der Waals surface area contributed by atoms with Crippen LogP contribution in [0.25, 0.3) is 22.4 Å². The van der Waals surface area contributed by atoms with Gasteiger partial charge in [0.05, 0.1) is 29.4 Å². The lowest BCUT2D eigenvalue weighted by Gasteiger charge is -2.11. The van der Waals surface area contributed by atoms with Gasteiger partial charge in [-0.25, -0.2) is 4.98 Å². The third-order valence-electron chi connectivity index (χ3n) is 4.52. The van der Waals surface area contributed by atoms with Gasteiger partial charge in [-0.05, 0) is 36.4 Å². The minimum absolute atomic E-state index is 0.0252. The van der Waals surface area contributed by atoms with E-state index in [1.54, 1.807) is 37.4 Å². The number of nitrogens with zero attached hydrogens (tertiary/aromatic N) is 3. The average Bonchev–Trinajstić information content (AvgIpc) is 3.19. The topological polar surface area (TPSA) is 134 Å². The van der Waals surface area contributed by atoms with Gasteiger partial charge in [-0.15, -0.1) is 0 Å². The number of nitrogen functional groups attached to an aromatic ring is 1. The van der Waals surface area contributed by atoms with E-state index >= 15 is 0 Å². The van der Waals surface area contributed by atoms with Gasteiger partial charge in [0.15, 0.2) is 11.5 Å². The number of hydrogen-bond acceptors (Lipinski definition) is 8. The predicted octanol–water partition coefficient (Wildman–Crippen LogP) is 3.51. The number of nitrogens with two attached hydrogens (primary N) is 1. The smallest absolute Gasteiger partial charge is 0.281 e. The van der Waals surface area contributed by atoms with Gasteiger partial charge in [0, 0.05) is 11.1 Å². The number of hydrogen-bond donors (Lipinski definition) is 1. The highest BCUT2D eigenvalue weighted by Crippen LogP contribution is 2.44. The van der Waals surface area contributed by atoms with Crippen molar-refractivity contribution in [1.82, 2.24) is 4.98 Å². The van der Waals surface area contributed by atoms with E-state index in [0.717, 1.165) is 0 Å². The molecule has 1 aliphatic heterocycles. The van der Waals surface area contributed by atoms with Crippen LogP contribution in [0.4, 0.5) is 11.5 Å². The number of aromatic nitrogens is 1. The van der Waals surface area contributed by atoms with Gasteiger partial charge in [-0.1, -0.05) is 0 Å². The first kappa shape index (κ1) is 18.1. The van der Waals surface area contributed by atoms with Crippen molar-refractivity contribution in [1.29, 1.82) is 5.26 Å². The Morgan fingerprint density at radius 3 is 2.48 bits per heavy atom. The number of fused-ring (bicyclic) bond motifs is 1. The number of nitro groups is 1. The molecular weight excluding hydrogens is 376 g/mol. The Morgan fingerprint density at radius 2 is 1.86 bits per heavy atom. The number of methoxy groups -OCH3 is 1. The number of ether oxygens (including phenoxy) is 3. The summed E-state index contributed by atoms with van der Waals surface area (Å²) in [5.41, 5.74) is 7.50. The summed E-state index contributed by atoms with van der Waals surface area (Å²) in [6.45, 7) is -0.0311. The monoisotopic (exact) mass is 390 g/mol. The zero-order valence-corrected chi connectivity index (χ0v) is 15.2. The quantitative estimate of drug-likeness (QED) is 0.528. The molecule has 0 unspecified atom stereocenters. The van der Waals surface area contributed by atoms with E-state index in [4.69, 9.17) is 19.9 Å². The van der Waals surface area contributed by atoms with Crippen molar-refractivity contribution in [2.24, 2.45) is 0 Å². The maximum atomic E-state index is 11.7. The third-order valence-corrected chi connectivity index (χ3v) is 4.52. The zero-order valence-electron chi connectivity index (χ0n) is 15.2. The second-order valence-electron chi connectivity index (χ2n) is 6.14. The summed E-state index contributed by atoms with van der Waals surface area (Å²) in [5.74, 6) is 1.28. The molecule has 2 heterocycles. The van der Waals surface area contributed by atoms with Crippen LogP contribution in [0.2, 0.25) is 0 Å². The number of benzene rings is 2. The Bertz CT molecular complexity index is 1170. The molecule has 1 aliphatic rings. The molecule has 0 spiro atoms. The second-order valence-corrected chi connectivity index (χ2v) is 6.14. The van der Waals surface area contributed by atoms with Crippen LogP contribution in [-0.4, -0.2) is 23.8 Å². The SMILES string of the molecule is COc1ccc(-c2cc(-c3cc4c(cc3[N+](=O)[O-])OCO4)c(C#N)c(N)n2)cc1. The zero-order chi connectivity index (χ0) is 20.5. The van der Waals surface area contributed by atoms with Crippen LogP contribution in [0.3, 0.4) is 0 Å². The Kier molecular flexibility index (Phi) is 4.37. The van der Waals surface area contributed by atoms with Gasteiger partial charge in [-0.3, -0.25) is 10.1 Å². The van der Waals surface area contributed by atoms with Gasteiger partial charge in [0.25, 0.3) is 5.69 Å². The molecule has 0 saturated heterocycles. The molecule has 2 N–H and O–H groups in total. The molecule has 29 heavy (non-hydrogen) atoms. The molecule has 0 aliphatic carbocycles. The van der Waals surface area contributed by atoms with Gasteiger partial charge in [-0.2, -0.15) is 5.26 Å². The molecule has 0 saturated carbocycles. The molecule has 0 amide bonds. The summed E-state index contributed by atoms with van der Waals surface area (Å²) in [4.78, 5) is 15.4.